The number of rotatable bonds is 4. The van der Waals surface area contributed by atoms with Crippen LogP contribution in [0.25, 0.3) is 10.8 Å². The average Bonchev–Trinajstić information content (AvgIpc) is 2.90. The van der Waals surface area contributed by atoms with Gasteiger partial charge in [-0.15, -0.1) is 0 Å². The molecule has 1 amide bonds. The van der Waals surface area contributed by atoms with Crippen LogP contribution in [0.5, 0.6) is 5.75 Å². The summed E-state index contributed by atoms with van der Waals surface area (Å²) in [5.74, 6) is 0.183. The van der Waals surface area contributed by atoms with Crippen LogP contribution in [-0.4, -0.2) is 27.5 Å². The first-order chi connectivity index (χ1) is 12.9. The van der Waals surface area contributed by atoms with Crippen LogP contribution >= 0.6 is 0 Å². The van der Waals surface area contributed by atoms with Crippen LogP contribution < -0.4 is 14.4 Å². The van der Waals surface area contributed by atoms with Crippen LogP contribution in [0.4, 0.5) is 11.4 Å². The Bertz CT molecular complexity index is 1150. The van der Waals surface area contributed by atoms with Crippen molar-refractivity contribution in [2.45, 2.75) is 17.9 Å². The van der Waals surface area contributed by atoms with Crippen molar-refractivity contribution >= 4 is 38.1 Å². The topological polar surface area (TPSA) is 75.7 Å². The number of nitrogens with zero attached hydrogens (tertiary/aromatic N) is 1. The summed E-state index contributed by atoms with van der Waals surface area (Å²) < 4.78 is 32.5. The minimum Gasteiger partial charge on any atom is -0.497 e. The molecule has 1 heterocycles. The molecule has 0 saturated heterocycles. The van der Waals surface area contributed by atoms with Gasteiger partial charge in [0.1, 0.15) is 11.8 Å². The molecule has 0 bridgehead atoms. The molecule has 1 N–H and O–H groups in total. The predicted octanol–water partition coefficient (Wildman–Crippen LogP) is 3.38. The summed E-state index contributed by atoms with van der Waals surface area (Å²) in [7, 11) is -2.26. The molecule has 27 heavy (non-hydrogen) atoms. The number of hydrogen-bond acceptors (Lipinski definition) is 4. The predicted molar refractivity (Wildman–Crippen MR) is 105 cm³/mol. The van der Waals surface area contributed by atoms with E-state index in [9.17, 15) is 13.2 Å². The van der Waals surface area contributed by atoms with Crippen LogP contribution in [0.1, 0.15) is 6.92 Å². The third-order valence-corrected chi connectivity index (χ3v) is 6.61. The minimum atomic E-state index is -3.80. The standard InChI is InChI=1S/C20H18N2O4S/c1-13(20(23)21-15-8-5-9-16(12-15)26-2)22-17-10-3-6-14-7-4-11-18(19(14)17)27(22,24)25/h3-13H,1-2H3,(H,21,23)/t13-/m1/s1. The van der Waals surface area contributed by atoms with Gasteiger partial charge in [0.2, 0.25) is 5.91 Å². The summed E-state index contributed by atoms with van der Waals surface area (Å²) in [6.07, 6.45) is 0. The second kappa shape index (κ2) is 6.28. The zero-order valence-corrected chi connectivity index (χ0v) is 15.7. The van der Waals surface area contributed by atoms with Crippen molar-refractivity contribution in [1.82, 2.24) is 0 Å². The van der Waals surface area contributed by atoms with Gasteiger partial charge in [0.05, 0.1) is 17.7 Å². The van der Waals surface area contributed by atoms with Gasteiger partial charge in [0.15, 0.2) is 0 Å². The van der Waals surface area contributed by atoms with Crippen molar-refractivity contribution < 1.29 is 17.9 Å². The van der Waals surface area contributed by atoms with Crippen LogP contribution in [0.15, 0.2) is 65.6 Å². The Kier molecular flexibility index (Phi) is 4.04. The van der Waals surface area contributed by atoms with E-state index in [0.29, 0.717) is 22.5 Å². The van der Waals surface area contributed by atoms with Gasteiger partial charge in [-0.05, 0) is 36.6 Å². The van der Waals surface area contributed by atoms with E-state index in [-0.39, 0.29) is 4.90 Å². The third kappa shape index (κ3) is 2.71. The summed E-state index contributed by atoms with van der Waals surface area (Å²) in [5, 5.41) is 4.25. The zero-order chi connectivity index (χ0) is 19.2. The summed E-state index contributed by atoms with van der Waals surface area (Å²) in [5.41, 5.74) is 1.06. The first-order valence-electron chi connectivity index (χ1n) is 8.44. The lowest BCUT2D eigenvalue weighted by Gasteiger charge is -2.25. The van der Waals surface area contributed by atoms with E-state index in [4.69, 9.17) is 4.74 Å². The lowest BCUT2D eigenvalue weighted by Crippen LogP contribution is -2.43. The fourth-order valence-corrected chi connectivity index (χ4v) is 5.26. The van der Waals surface area contributed by atoms with Crippen molar-refractivity contribution in [3.8, 4) is 5.75 Å². The normalized spacial score (nSPS) is 15.6. The van der Waals surface area contributed by atoms with Crippen molar-refractivity contribution in [2.24, 2.45) is 0 Å². The minimum absolute atomic E-state index is 0.233. The highest BCUT2D eigenvalue weighted by Gasteiger charge is 2.40. The molecule has 3 aromatic carbocycles. The van der Waals surface area contributed by atoms with Crippen LogP contribution in [0, 0.1) is 0 Å². The Morgan fingerprint density at radius 1 is 1.07 bits per heavy atom. The van der Waals surface area contributed by atoms with Gasteiger partial charge in [0, 0.05) is 17.1 Å². The lowest BCUT2D eigenvalue weighted by atomic mass is 10.1. The molecule has 6 nitrogen and oxygen atoms in total. The van der Waals surface area contributed by atoms with Crippen LogP contribution in [0.3, 0.4) is 0 Å². The van der Waals surface area contributed by atoms with Crippen molar-refractivity contribution in [3.05, 3.63) is 60.7 Å². The van der Waals surface area contributed by atoms with Crippen molar-refractivity contribution in [3.63, 3.8) is 0 Å². The van der Waals surface area contributed by atoms with Crippen LogP contribution in [-0.2, 0) is 14.8 Å². The number of carbonyl (C=O) groups is 1. The van der Waals surface area contributed by atoms with Crippen LogP contribution in [0.2, 0.25) is 0 Å². The average molecular weight is 382 g/mol. The molecule has 0 fully saturated rings. The second-order valence-corrected chi connectivity index (χ2v) is 8.11. The first kappa shape index (κ1) is 17.4. The fourth-order valence-electron chi connectivity index (χ4n) is 3.39. The van der Waals surface area contributed by atoms with Gasteiger partial charge in [-0.2, -0.15) is 0 Å². The number of methoxy groups -OCH3 is 1. The maximum Gasteiger partial charge on any atom is 0.265 e. The Balaban J connectivity index is 1.71. The monoisotopic (exact) mass is 382 g/mol. The zero-order valence-electron chi connectivity index (χ0n) is 14.8. The molecule has 4 rings (SSSR count). The molecule has 1 atom stereocenters. The molecule has 0 aliphatic carbocycles. The van der Waals surface area contributed by atoms with Gasteiger partial charge < -0.3 is 10.1 Å². The van der Waals surface area contributed by atoms with Crippen molar-refractivity contribution in [1.29, 1.82) is 0 Å². The highest BCUT2D eigenvalue weighted by Crippen LogP contribution is 2.43. The van der Waals surface area contributed by atoms with Gasteiger partial charge in [-0.1, -0.05) is 30.3 Å². The Labute approximate surface area is 157 Å². The Hall–Kier alpha value is -3.06. The number of amides is 1. The Morgan fingerprint density at radius 3 is 2.52 bits per heavy atom. The van der Waals surface area contributed by atoms with Gasteiger partial charge in [-0.25, -0.2) is 8.42 Å². The van der Waals surface area contributed by atoms with Gasteiger partial charge >= 0.3 is 0 Å². The van der Waals surface area contributed by atoms with E-state index in [2.05, 4.69) is 5.32 Å². The summed E-state index contributed by atoms with van der Waals surface area (Å²) in [6.45, 7) is 1.58. The number of nitrogens with one attached hydrogen (secondary N) is 1. The largest absolute Gasteiger partial charge is 0.497 e. The van der Waals surface area contributed by atoms with E-state index in [0.717, 1.165) is 5.39 Å². The maximum absolute atomic E-state index is 13.1. The molecule has 0 spiro atoms. The summed E-state index contributed by atoms with van der Waals surface area (Å²) >= 11 is 0. The van der Waals surface area contributed by atoms with E-state index < -0.39 is 22.0 Å². The van der Waals surface area contributed by atoms with Gasteiger partial charge in [0.25, 0.3) is 10.0 Å². The molecule has 0 aromatic heterocycles. The summed E-state index contributed by atoms with van der Waals surface area (Å²) in [6, 6.07) is 16.5. The molecule has 0 unspecified atom stereocenters. The highest BCUT2D eigenvalue weighted by atomic mass is 32.2. The molecular weight excluding hydrogens is 364 g/mol. The van der Waals surface area contributed by atoms with E-state index in [1.165, 1.54) is 11.4 Å². The molecule has 138 valence electrons. The summed E-state index contributed by atoms with van der Waals surface area (Å²) in [4.78, 5) is 13.0. The van der Waals surface area contributed by atoms with Crippen molar-refractivity contribution in [2.75, 3.05) is 16.7 Å². The van der Waals surface area contributed by atoms with E-state index >= 15 is 0 Å². The maximum atomic E-state index is 13.1. The molecule has 0 saturated carbocycles. The molecule has 7 heteroatoms. The Morgan fingerprint density at radius 2 is 1.78 bits per heavy atom. The molecule has 1 aliphatic heterocycles. The first-order valence-corrected chi connectivity index (χ1v) is 9.88. The van der Waals surface area contributed by atoms with E-state index in [1.807, 2.05) is 12.1 Å². The lowest BCUT2D eigenvalue weighted by molar-refractivity contribution is -0.116. The van der Waals surface area contributed by atoms with E-state index in [1.54, 1.807) is 55.5 Å². The molecular formula is C20H18N2O4S. The number of benzene rings is 3. The number of hydrogen-bond donors (Lipinski definition) is 1. The quantitative estimate of drug-likeness (QED) is 0.751. The highest BCUT2D eigenvalue weighted by molar-refractivity contribution is 7.93. The number of anilines is 2. The smallest absolute Gasteiger partial charge is 0.265 e. The third-order valence-electron chi connectivity index (χ3n) is 4.69. The molecule has 0 radical (unpaired) electrons. The second-order valence-electron chi connectivity index (χ2n) is 6.33. The number of sulfonamides is 1. The fraction of sp³-hybridized carbons (Fsp3) is 0.150. The SMILES string of the molecule is COc1cccc(NC(=O)[C@@H](C)N2c3cccc4cccc(c34)S2(=O)=O)c1. The number of carbonyl (C=O) groups excluding carboxylic acids is 1. The number of ether oxygens (including phenoxy) is 1. The molecule has 1 aliphatic rings. The van der Waals surface area contributed by atoms with Gasteiger partial charge in [-0.3, -0.25) is 9.10 Å². The molecule has 3 aromatic rings.